The average molecular weight is 345 g/mol. The Morgan fingerprint density at radius 1 is 1.24 bits per heavy atom. The number of amides is 1. The van der Waals surface area contributed by atoms with Gasteiger partial charge in [0.2, 0.25) is 5.91 Å². The fourth-order valence-corrected chi connectivity index (χ4v) is 3.24. The van der Waals surface area contributed by atoms with Crippen molar-refractivity contribution < 1.29 is 14.1 Å². The first-order valence-corrected chi connectivity index (χ1v) is 9.01. The van der Waals surface area contributed by atoms with E-state index < -0.39 is 0 Å². The van der Waals surface area contributed by atoms with Gasteiger partial charge in [0.15, 0.2) is 0 Å². The van der Waals surface area contributed by atoms with Gasteiger partial charge >= 0.3 is 7.12 Å². The van der Waals surface area contributed by atoms with Crippen molar-refractivity contribution in [2.75, 3.05) is 13.1 Å². The molecule has 0 unspecified atom stereocenters. The third-order valence-electron chi connectivity index (χ3n) is 5.62. The molecule has 1 aromatic rings. The van der Waals surface area contributed by atoms with E-state index in [4.69, 9.17) is 9.31 Å². The van der Waals surface area contributed by atoms with Gasteiger partial charge in [0.25, 0.3) is 0 Å². The first-order valence-electron chi connectivity index (χ1n) is 9.01. The van der Waals surface area contributed by atoms with E-state index in [-0.39, 0.29) is 24.2 Å². The van der Waals surface area contributed by atoms with E-state index in [9.17, 15) is 4.79 Å². The highest BCUT2D eigenvalue weighted by molar-refractivity contribution is 6.52. The summed E-state index contributed by atoms with van der Waals surface area (Å²) in [7, 11) is -0.341. The molecule has 0 aliphatic carbocycles. The second kappa shape index (κ2) is 6.61. The summed E-state index contributed by atoms with van der Waals surface area (Å²) in [4.78, 5) is 13.3. The highest BCUT2D eigenvalue weighted by atomic mass is 16.7. The van der Waals surface area contributed by atoms with Crippen LogP contribution >= 0.6 is 0 Å². The number of hydrogen-bond acceptors (Lipinski definition) is 4. The number of rotatable bonds is 3. The van der Waals surface area contributed by atoms with Crippen LogP contribution in [-0.2, 0) is 14.1 Å². The summed E-state index contributed by atoms with van der Waals surface area (Å²) in [6, 6.07) is 0.356. The predicted octanol–water partition coefficient (Wildman–Crippen LogP) is 2.71. The number of piperidine rings is 1. The Bertz CT molecular complexity index is 644. The topological polar surface area (TPSA) is 56.6 Å². The van der Waals surface area contributed by atoms with Crippen LogP contribution < -0.4 is 0 Å². The summed E-state index contributed by atoms with van der Waals surface area (Å²) in [6.45, 7) is 11.4. The second-order valence-corrected chi connectivity index (χ2v) is 7.97. The highest BCUT2D eigenvalue weighted by Gasteiger charge is 2.50. The molecule has 1 amide bonds. The maximum atomic E-state index is 11.4. The maximum absolute atomic E-state index is 11.4. The molecule has 25 heavy (non-hydrogen) atoms. The van der Waals surface area contributed by atoms with Crippen LogP contribution in [0.2, 0.25) is 0 Å². The van der Waals surface area contributed by atoms with Gasteiger partial charge in [-0.15, -0.1) is 0 Å². The molecule has 2 fully saturated rings. The monoisotopic (exact) mass is 345 g/mol. The fourth-order valence-electron chi connectivity index (χ4n) is 3.24. The Morgan fingerprint density at radius 2 is 1.84 bits per heavy atom. The van der Waals surface area contributed by atoms with Gasteiger partial charge in [0, 0.05) is 31.8 Å². The molecular weight excluding hydrogens is 317 g/mol. The van der Waals surface area contributed by atoms with Crippen LogP contribution in [0.4, 0.5) is 0 Å². The minimum atomic E-state index is -0.341. The summed E-state index contributed by atoms with van der Waals surface area (Å²) in [5, 5.41) is 4.49. The lowest BCUT2D eigenvalue weighted by molar-refractivity contribution is -0.130. The van der Waals surface area contributed by atoms with E-state index in [0.29, 0.717) is 6.04 Å². The lowest BCUT2D eigenvalue weighted by Gasteiger charge is -2.32. The SMILES string of the molecule is CC(=O)N1CCC(n2cc(/C=C/B3OC(C)(C)C(C)(C)O3)cn2)CC1. The smallest absolute Gasteiger partial charge is 0.400 e. The van der Waals surface area contributed by atoms with Crippen molar-refractivity contribution in [3.05, 3.63) is 23.9 Å². The van der Waals surface area contributed by atoms with Crippen molar-refractivity contribution in [3.63, 3.8) is 0 Å². The Hall–Kier alpha value is -1.60. The largest absolute Gasteiger partial charge is 0.487 e. The Balaban J connectivity index is 1.59. The normalized spacial score (nSPS) is 23.6. The first kappa shape index (κ1) is 18.2. The summed E-state index contributed by atoms with van der Waals surface area (Å²) in [6.07, 6.45) is 7.80. The molecule has 3 heterocycles. The molecule has 2 aliphatic heterocycles. The molecule has 1 aromatic heterocycles. The van der Waals surface area contributed by atoms with Gasteiger partial charge < -0.3 is 14.2 Å². The van der Waals surface area contributed by atoms with Gasteiger partial charge in [-0.1, -0.05) is 12.1 Å². The number of carbonyl (C=O) groups is 1. The molecule has 0 aromatic carbocycles. The van der Waals surface area contributed by atoms with Gasteiger partial charge in [-0.25, -0.2) is 0 Å². The van der Waals surface area contributed by atoms with Crippen LogP contribution in [0, 0.1) is 0 Å². The molecule has 0 bridgehead atoms. The minimum absolute atomic E-state index is 0.157. The Kier molecular flexibility index (Phi) is 4.81. The molecule has 6 nitrogen and oxygen atoms in total. The molecule has 0 radical (unpaired) electrons. The van der Waals surface area contributed by atoms with E-state index in [0.717, 1.165) is 31.5 Å². The van der Waals surface area contributed by atoms with Gasteiger partial charge in [-0.05, 0) is 40.5 Å². The third kappa shape index (κ3) is 3.82. The van der Waals surface area contributed by atoms with Gasteiger partial charge in [0.1, 0.15) is 0 Å². The first-order chi connectivity index (χ1) is 11.7. The summed E-state index contributed by atoms with van der Waals surface area (Å²) < 4.78 is 14.0. The van der Waals surface area contributed by atoms with Crippen molar-refractivity contribution in [2.45, 2.75) is 64.7 Å². The quantitative estimate of drug-likeness (QED) is 0.791. The molecule has 136 valence electrons. The standard InChI is InChI=1S/C18H28BN3O3/c1-14(23)21-10-7-16(8-11-21)22-13-15(12-20-22)6-9-19-24-17(2,3)18(4,5)25-19/h6,9,12-13,16H,7-8,10-11H2,1-5H3/b9-6+. The van der Waals surface area contributed by atoms with E-state index in [1.54, 1.807) is 6.92 Å². The zero-order valence-electron chi connectivity index (χ0n) is 15.9. The van der Waals surface area contributed by atoms with E-state index in [1.165, 1.54) is 0 Å². The summed E-state index contributed by atoms with van der Waals surface area (Å²) in [5.74, 6) is 2.10. The summed E-state index contributed by atoms with van der Waals surface area (Å²) >= 11 is 0. The zero-order valence-corrected chi connectivity index (χ0v) is 15.9. The van der Waals surface area contributed by atoms with E-state index >= 15 is 0 Å². The van der Waals surface area contributed by atoms with Gasteiger partial charge in [-0.2, -0.15) is 5.10 Å². The average Bonchev–Trinajstić information content (AvgIpc) is 3.08. The predicted molar refractivity (Wildman–Crippen MR) is 97.9 cm³/mol. The molecule has 0 N–H and O–H groups in total. The Morgan fingerprint density at radius 3 is 2.40 bits per heavy atom. The van der Waals surface area contributed by atoms with Crippen molar-refractivity contribution >= 4 is 19.1 Å². The van der Waals surface area contributed by atoms with Crippen molar-refractivity contribution in [1.82, 2.24) is 14.7 Å². The van der Waals surface area contributed by atoms with Crippen molar-refractivity contribution in [3.8, 4) is 0 Å². The zero-order chi connectivity index (χ0) is 18.2. The number of nitrogens with zero attached hydrogens (tertiary/aromatic N) is 3. The molecule has 0 atom stereocenters. The number of aromatic nitrogens is 2. The van der Waals surface area contributed by atoms with Gasteiger partial charge in [-0.3, -0.25) is 9.48 Å². The highest BCUT2D eigenvalue weighted by Crippen LogP contribution is 2.37. The van der Waals surface area contributed by atoms with Crippen LogP contribution in [0.25, 0.3) is 6.08 Å². The Labute approximate surface area is 150 Å². The van der Waals surface area contributed by atoms with Crippen LogP contribution in [0.1, 0.15) is 59.1 Å². The van der Waals surface area contributed by atoms with Crippen LogP contribution in [0.5, 0.6) is 0 Å². The van der Waals surface area contributed by atoms with Crippen molar-refractivity contribution in [1.29, 1.82) is 0 Å². The molecule has 2 aliphatic rings. The second-order valence-electron chi connectivity index (χ2n) is 7.97. The number of hydrogen-bond donors (Lipinski definition) is 0. The lowest BCUT2D eigenvalue weighted by atomic mass is 9.89. The van der Waals surface area contributed by atoms with Gasteiger partial charge in [0.05, 0.1) is 23.4 Å². The van der Waals surface area contributed by atoms with E-state index in [2.05, 4.69) is 11.3 Å². The maximum Gasteiger partial charge on any atom is 0.487 e. The molecule has 0 saturated carbocycles. The van der Waals surface area contributed by atoms with Crippen LogP contribution in [0.15, 0.2) is 18.4 Å². The number of carbonyl (C=O) groups excluding carboxylic acids is 1. The molecule has 3 rings (SSSR count). The van der Waals surface area contributed by atoms with Crippen LogP contribution in [-0.4, -0.2) is 52.0 Å². The fraction of sp³-hybridized carbons (Fsp3) is 0.667. The minimum Gasteiger partial charge on any atom is -0.400 e. The summed E-state index contributed by atoms with van der Waals surface area (Å²) in [5.41, 5.74) is 0.386. The molecule has 2 saturated heterocycles. The third-order valence-corrected chi connectivity index (χ3v) is 5.62. The van der Waals surface area contributed by atoms with Crippen LogP contribution in [0.3, 0.4) is 0 Å². The molecule has 7 heteroatoms. The lowest BCUT2D eigenvalue weighted by Crippen LogP contribution is -2.41. The van der Waals surface area contributed by atoms with E-state index in [1.807, 2.05) is 55.5 Å². The van der Waals surface area contributed by atoms with Crippen molar-refractivity contribution in [2.24, 2.45) is 0 Å². The number of likely N-dealkylation sites (tertiary alicyclic amines) is 1. The molecular formula is C18H28BN3O3. The molecule has 0 spiro atoms.